The van der Waals surface area contributed by atoms with E-state index in [0.29, 0.717) is 11.3 Å². The van der Waals surface area contributed by atoms with Crippen LogP contribution in [-0.4, -0.2) is 51.7 Å². The van der Waals surface area contributed by atoms with Crippen molar-refractivity contribution in [2.75, 3.05) is 45.2 Å². The molecule has 0 aromatic heterocycles. The highest BCUT2D eigenvalue weighted by atomic mass is 16.5. The molecule has 0 spiro atoms. The predicted octanol–water partition coefficient (Wildman–Crippen LogP) is 1.49. The van der Waals surface area contributed by atoms with Gasteiger partial charge in [0.1, 0.15) is 11.5 Å². The number of nitrogens with zero attached hydrogens (tertiary/aromatic N) is 2. The molecule has 2 aromatic carbocycles. The summed E-state index contributed by atoms with van der Waals surface area (Å²) in [4.78, 5) is 8.45. The first-order valence-electron chi connectivity index (χ1n) is 8.23. The van der Waals surface area contributed by atoms with Crippen molar-refractivity contribution >= 4 is 17.6 Å². The smallest absolute Gasteiger partial charge is 0.124 e. The molecule has 0 bridgehead atoms. The van der Waals surface area contributed by atoms with E-state index >= 15 is 0 Å². The van der Waals surface area contributed by atoms with Gasteiger partial charge in [-0.25, -0.2) is 0 Å². The van der Waals surface area contributed by atoms with E-state index in [1.165, 1.54) is 18.8 Å². The van der Waals surface area contributed by atoms with Gasteiger partial charge in [0.25, 0.3) is 0 Å². The minimum Gasteiger partial charge on any atom is -0.507 e. The van der Waals surface area contributed by atoms with Crippen molar-refractivity contribution in [2.24, 2.45) is 4.99 Å². The standard InChI is InChI=1S/C19H23N3O2/c1-21-9-11-22(12-10-21)17-5-3-16(4-6-17)20-14-15-13-18(24-2)7-8-19(15)23/h3-8,13-14,23H,9-12H2,1-2H3/p+1. The van der Waals surface area contributed by atoms with E-state index < -0.39 is 0 Å². The molecule has 1 heterocycles. The number of ether oxygens (including phenoxy) is 1. The highest BCUT2D eigenvalue weighted by Gasteiger charge is 2.16. The normalized spacial score (nSPS) is 15.8. The highest BCUT2D eigenvalue weighted by molar-refractivity contribution is 5.86. The second kappa shape index (κ2) is 7.36. The number of anilines is 1. The molecule has 2 N–H and O–H groups in total. The second-order valence-electron chi connectivity index (χ2n) is 6.14. The molecule has 3 rings (SSSR count). The first-order chi connectivity index (χ1) is 11.7. The molecule has 126 valence electrons. The van der Waals surface area contributed by atoms with Gasteiger partial charge in [0.05, 0.1) is 46.0 Å². The van der Waals surface area contributed by atoms with Gasteiger partial charge < -0.3 is 19.6 Å². The minimum absolute atomic E-state index is 0.191. The maximum atomic E-state index is 9.89. The fraction of sp³-hybridized carbons (Fsp3) is 0.316. The molecule has 0 atom stereocenters. The van der Waals surface area contributed by atoms with Crippen LogP contribution in [0.2, 0.25) is 0 Å². The third kappa shape index (κ3) is 3.86. The van der Waals surface area contributed by atoms with Gasteiger partial charge in [0.2, 0.25) is 0 Å². The summed E-state index contributed by atoms with van der Waals surface area (Å²) in [6, 6.07) is 13.3. The van der Waals surface area contributed by atoms with E-state index in [4.69, 9.17) is 4.74 Å². The fourth-order valence-corrected chi connectivity index (χ4v) is 2.80. The Kier molecular flexibility index (Phi) is 5.01. The van der Waals surface area contributed by atoms with Crippen molar-refractivity contribution in [1.82, 2.24) is 0 Å². The number of rotatable bonds is 4. The molecular formula is C19H24N3O2+. The molecule has 24 heavy (non-hydrogen) atoms. The maximum absolute atomic E-state index is 9.89. The summed E-state index contributed by atoms with van der Waals surface area (Å²) in [6.45, 7) is 4.53. The fourth-order valence-electron chi connectivity index (χ4n) is 2.80. The molecule has 0 amide bonds. The third-order valence-electron chi connectivity index (χ3n) is 4.42. The first kappa shape index (κ1) is 16.3. The lowest BCUT2D eigenvalue weighted by Crippen LogP contribution is -3.12. The number of aliphatic imine (C=N–C) groups is 1. The van der Waals surface area contributed by atoms with E-state index in [1.54, 1.807) is 36.4 Å². The van der Waals surface area contributed by atoms with Crippen LogP contribution >= 0.6 is 0 Å². The lowest BCUT2D eigenvalue weighted by Gasteiger charge is -2.31. The van der Waals surface area contributed by atoms with Crippen LogP contribution in [0.15, 0.2) is 47.5 Å². The number of quaternary nitrogens is 1. The second-order valence-corrected chi connectivity index (χ2v) is 6.14. The van der Waals surface area contributed by atoms with Crippen LogP contribution in [0.4, 0.5) is 11.4 Å². The maximum Gasteiger partial charge on any atom is 0.124 e. The van der Waals surface area contributed by atoms with Gasteiger partial charge in [-0.15, -0.1) is 0 Å². The van der Waals surface area contributed by atoms with Crippen molar-refractivity contribution in [3.63, 3.8) is 0 Å². The van der Waals surface area contributed by atoms with Gasteiger partial charge in [-0.05, 0) is 42.5 Å². The summed E-state index contributed by atoms with van der Waals surface area (Å²) < 4.78 is 5.17. The van der Waals surface area contributed by atoms with Crippen LogP contribution < -0.4 is 14.5 Å². The average Bonchev–Trinajstić information content (AvgIpc) is 2.62. The van der Waals surface area contributed by atoms with E-state index in [0.717, 1.165) is 18.8 Å². The Morgan fingerprint density at radius 3 is 2.50 bits per heavy atom. The van der Waals surface area contributed by atoms with Gasteiger partial charge in [0.15, 0.2) is 0 Å². The summed E-state index contributed by atoms with van der Waals surface area (Å²) in [5, 5.41) is 9.89. The van der Waals surface area contributed by atoms with Gasteiger partial charge in [-0.3, -0.25) is 4.99 Å². The van der Waals surface area contributed by atoms with Crippen LogP contribution in [-0.2, 0) is 0 Å². The lowest BCUT2D eigenvalue weighted by molar-refractivity contribution is -0.880. The van der Waals surface area contributed by atoms with Crippen LogP contribution in [0.5, 0.6) is 11.5 Å². The van der Waals surface area contributed by atoms with Crippen molar-refractivity contribution < 1.29 is 14.7 Å². The Labute approximate surface area is 142 Å². The van der Waals surface area contributed by atoms with Crippen LogP contribution in [0.25, 0.3) is 0 Å². The van der Waals surface area contributed by atoms with E-state index in [1.807, 2.05) is 12.1 Å². The number of likely N-dealkylation sites (N-methyl/N-ethyl adjacent to an activating group) is 1. The third-order valence-corrected chi connectivity index (χ3v) is 4.42. The SMILES string of the molecule is COc1ccc(O)c(C=Nc2ccc(N3CC[NH+](C)CC3)cc2)c1. The molecule has 1 fully saturated rings. The summed E-state index contributed by atoms with van der Waals surface area (Å²) in [5.41, 5.74) is 2.74. The van der Waals surface area contributed by atoms with E-state index in [2.05, 4.69) is 29.1 Å². The highest BCUT2D eigenvalue weighted by Crippen LogP contribution is 2.23. The van der Waals surface area contributed by atoms with Crippen molar-refractivity contribution in [2.45, 2.75) is 0 Å². The molecule has 2 aromatic rings. The number of piperazine rings is 1. The Bertz CT molecular complexity index is 705. The summed E-state index contributed by atoms with van der Waals surface area (Å²) in [6.07, 6.45) is 1.66. The minimum atomic E-state index is 0.191. The van der Waals surface area contributed by atoms with Crippen molar-refractivity contribution in [3.05, 3.63) is 48.0 Å². The summed E-state index contributed by atoms with van der Waals surface area (Å²) >= 11 is 0. The molecule has 5 nitrogen and oxygen atoms in total. The number of benzene rings is 2. The number of phenolic OH excluding ortho intramolecular Hbond substituents is 1. The summed E-state index contributed by atoms with van der Waals surface area (Å²) in [7, 11) is 3.84. The van der Waals surface area contributed by atoms with E-state index in [9.17, 15) is 5.11 Å². The molecular weight excluding hydrogens is 302 g/mol. The zero-order chi connectivity index (χ0) is 16.9. The molecule has 0 radical (unpaired) electrons. The zero-order valence-electron chi connectivity index (χ0n) is 14.2. The average molecular weight is 326 g/mol. The zero-order valence-corrected chi connectivity index (χ0v) is 14.2. The van der Waals surface area contributed by atoms with Crippen molar-refractivity contribution in [1.29, 1.82) is 0 Å². The number of nitrogens with one attached hydrogen (secondary N) is 1. The van der Waals surface area contributed by atoms with E-state index in [-0.39, 0.29) is 5.75 Å². The quantitative estimate of drug-likeness (QED) is 0.837. The number of methoxy groups -OCH3 is 1. The molecule has 5 heteroatoms. The monoisotopic (exact) mass is 326 g/mol. The van der Waals surface area contributed by atoms with Gasteiger partial charge in [-0.1, -0.05) is 0 Å². The van der Waals surface area contributed by atoms with Crippen LogP contribution in [0, 0.1) is 0 Å². The van der Waals surface area contributed by atoms with Gasteiger partial charge >= 0.3 is 0 Å². The number of hydrogen-bond donors (Lipinski definition) is 2. The first-order valence-corrected chi connectivity index (χ1v) is 8.23. The number of hydrogen-bond acceptors (Lipinski definition) is 4. The molecule has 1 aliphatic rings. The topological polar surface area (TPSA) is 49.5 Å². The largest absolute Gasteiger partial charge is 0.507 e. The Morgan fingerprint density at radius 2 is 1.83 bits per heavy atom. The van der Waals surface area contributed by atoms with Gasteiger partial charge in [0, 0.05) is 17.5 Å². The lowest BCUT2D eigenvalue weighted by atomic mass is 10.2. The molecule has 1 aliphatic heterocycles. The van der Waals surface area contributed by atoms with Crippen molar-refractivity contribution in [3.8, 4) is 11.5 Å². The van der Waals surface area contributed by atoms with Crippen LogP contribution in [0.3, 0.4) is 0 Å². The molecule has 0 unspecified atom stereocenters. The predicted molar refractivity (Wildman–Crippen MR) is 97.2 cm³/mol. The molecule has 0 saturated carbocycles. The Hall–Kier alpha value is -2.53. The number of aromatic hydroxyl groups is 1. The number of phenols is 1. The Morgan fingerprint density at radius 1 is 1.12 bits per heavy atom. The van der Waals surface area contributed by atoms with Gasteiger partial charge in [-0.2, -0.15) is 0 Å². The Balaban J connectivity index is 1.70. The van der Waals surface area contributed by atoms with Crippen LogP contribution in [0.1, 0.15) is 5.56 Å². The summed E-state index contributed by atoms with van der Waals surface area (Å²) in [5.74, 6) is 0.887. The molecule has 0 aliphatic carbocycles. The molecule has 1 saturated heterocycles.